The standard InChI is InChI=1S/C14H17N3O/c1-4-18-12-7-5-11(6-8-12)14-16-10(3)9(2)13(15)17-14/h5-8H,4H2,1-3H3,(H2,15,16,17). The predicted molar refractivity (Wildman–Crippen MR) is 72.5 cm³/mol. The quantitative estimate of drug-likeness (QED) is 0.900. The molecular formula is C14H17N3O. The maximum absolute atomic E-state index is 5.86. The lowest BCUT2D eigenvalue weighted by molar-refractivity contribution is 0.340. The molecule has 1 heterocycles. The van der Waals surface area contributed by atoms with Crippen LogP contribution in [0, 0.1) is 13.8 Å². The zero-order valence-corrected chi connectivity index (χ0v) is 10.9. The summed E-state index contributed by atoms with van der Waals surface area (Å²) >= 11 is 0. The molecule has 94 valence electrons. The molecule has 0 amide bonds. The minimum Gasteiger partial charge on any atom is -0.494 e. The Hall–Kier alpha value is -2.10. The first-order chi connectivity index (χ1) is 8.61. The lowest BCUT2D eigenvalue weighted by atomic mass is 10.2. The van der Waals surface area contributed by atoms with Crippen molar-refractivity contribution in [3.05, 3.63) is 35.5 Å². The Kier molecular flexibility index (Phi) is 3.46. The first-order valence-corrected chi connectivity index (χ1v) is 5.95. The Bertz CT molecular complexity index is 526. The second kappa shape index (κ2) is 5.04. The maximum atomic E-state index is 5.86. The lowest BCUT2D eigenvalue weighted by Gasteiger charge is -2.08. The van der Waals surface area contributed by atoms with Crippen molar-refractivity contribution in [2.75, 3.05) is 12.3 Å². The van der Waals surface area contributed by atoms with E-state index < -0.39 is 0 Å². The van der Waals surface area contributed by atoms with Gasteiger partial charge in [-0.3, -0.25) is 0 Å². The molecule has 0 saturated carbocycles. The summed E-state index contributed by atoms with van der Waals surface area (Å²) in [5.74, 6) is 2.03. The van der Waals surface area contributed by atoms with Gasteiger partial charge < -0.3 is 10.5 Å². The minimum atomic E-state index is 0.534. The maximum Gasteiger partial charge on any atom is 0.161 e. The summed E-state index contributed by atoms with van der Waals surface area (Å²) in [6.45, 7) is 6.48. The highest BCUT2D eigenvalue weighted by atomic mass is 16.5. The Morgan fingerprint density at radius 3 is 2.33 bits per heavy atom. The van der Waals surface area contributed by atoms with E-state index in [1.54, 1.807) is 0 Å². The summed E-state index contributed by atoms with van der Waals surface area (Å²) in [6, 6.07) is 7.70. The van der Waals surface area contributed by atoms with E-state index in [0.29, 0.717) is 18.2 Å². The molecule has 0 aliphatic heterocycles. The monoisotopic (exact) mass is 243 g/mol. The van der Waals surface area contributed by atoms with Gasteiger partial charge in [-0.15, -0.1) is 0 Å². The molecule has 0 fully saturated rings. The zero-order chi connectivity index (χ0) is 13.1. The molecule has 0 radical (unpaired) electrons. The average molecular weight is 243 g/mol. The molecule has 0 bridgehead atoms. The third-order valence-corrected chi connectivity index (χ3v) is 2.85. The van der Waals surface area contributed by atoms with Gasteiger partial charge in [0.25, 0.3) is 0 Å². The van der Waals surface area contributed by atoms with Crippen LogP contribution in [0.4, 0.5) is 5.82 Å². The Labute approximate surface area is 107 Å². The smallest absolute Gasteiger partial charge is 0.161 e. The molecule has 1 aromatic carbocycles. The first-order valence-electron chi connectivity index (χ1n) is 5.95. The molecule has 0 aliphatic rings. The van der Waals surface area contributed by atoms with Gasteiger partial charge in [-0.2, -0.15) is 0 Å². The largest absolute Gasteiger partial charge is 0.494 e. The number of aryl methyl sites for hydroxylation is 1. The van der Waals surface area contributed by atoms with Crippen molar-refractivity contribution in [2.45, 2.75) is 20.8 Å². The second-order valence-electron chi connectivity index (χ2n) is 4.10. The third kappa shape index (κ3) is 2.42. The van der Waals surface area contributed by atoms with Gasteiger partial charge in [-0.25, -0.2) is 9.97 Å². The molecule has 2 rings (SSSR count). The predicted octanol–water partition coefficient (Wildman–Crippen LogP) is 2.74. The topological polar surface area (TPSA) is 61.0 Å². The third-order valence-electron chi connectivity index (χ3n) is 2.85. The summed E-state index contributed by atoms with van der Waals surface area (Å²) in [7, 11) is 0. The minimum absolute atomic E-state index is 0.534. The molecule has 4 nitrogen and oxygen atoms in total. The van der Waals surface area contributed by atoms with E-state index in [-0.39, 0.29) is 0 Å². The van der Waals surface area contributed by atoms with Gasteiger partial charge in [0.05, 0.1) is 6.61 Å². The molecular weight excluding hydrogens is 226 g/mol. The van der Waals surface area contributed by atoms with Crippen LogP contribution in [0.3, 0.4) is 0 Å². The SMILES string of the molecule is CCOc1ccc(-c2nc(C)c(C)c(N)n2)cc1. The molecule has 0 spiro atoms. The first kappa shape index (κ1) is 12.4. The second-order valence-corrected chi connectivity index (χ2v) is 4.10. The van der Waals surface area contributed by atoms with Crippen molar-refractivity contribution in [2.24, 2.45) is 0 Å². The summed E-state index contributed by atoms with van der Waals surface area (Å²) in [5, 5.41) is 0. The van der Waals surface area contributed by atoms with Gasteiger partial charge in [-0.1, -0.05) is 0 Å². The average Bonchev–Trinajstić information content (AvgIpc) is 2.37. The van der Waals surface area contributed by atoms with Gasteiger partial charge in [0, 0.05) is 16.8 Å². The number of ether oxygens (including phenoxy) is 1. The van der Waals surface area contributed by atoms with Crippen LogP contribution in [0.25, 0.3) is 11.4 Å². The van der Waals surface area contributed by atoms with Crippen LogP contribution in [0.5, 0.6) is 5.75 Å². The van der Waals surface area contributed by atoms with Crippen molar-refractivity contribution in [1.82, 2.24) is 9.97 Å². The molecule has 18 heavy (non-hydrogen) atoms. The molecule has 0 aliphatic carbocycles. The summed E-state index contributed by atoms with van der Waals surface area (Å²) in [5.41, 5.74) is 8.64. The number of nitrogens with zero attached hydrogens (tertiary/aromatic N) is 2. The van der Waals surface area contributed by atoms with Crippen LogP contribution >= 0.6 is 0 Å². The fraction of sp³-hybridized carbons (Fsp3) is 0.286. The van der Waals surface area contributed by atoms with Gasteiger partial charge in [0.2, 0.25) is 0 Å². The fourth-order valence-electron chi connectivity index (χ4n) is 1.65. The van der Waals surface area contributed by atoms with Gasteiger partial charge in [0.1, 0.15) is 11.6 Å². The molecule has 0 atom stereocenters. The number of anilines is 1. The number of nitrogen functional groups attached to an aromatic ring is 1. The fourth-order valence-corrected chi connectivity index (χ4v) is 1.65. The van der Waals surface area contributed by atoms with E-state index in [4.69, 9.17) is 10.5 Å². The summed E-state index contributed by atoms with van der Waals surface area (Å²) in [4.78, 5) is 8.75. The van der Waals surface area contributed by atoms with Gasteiger partial charge in [-0.05, 0) is 45.0 Å². The Balaban J connectivity index is 2.36. The van der Waals surface area contributed by atoms with E-state index in [2.05, 4.69) is 9.97 Å². The number of aromatic nitrogens is 2. The molecule has 0 unspecified atom stereocenters. The van der Waals surface area contributed by atoms with Crippen LogP contribution in [-0.2, 0) is 0 Å². The van der Waals surface area contributed by atoms with E-state index in [1.807, 2.05) is 45.0 Å². The number of nitrogens with two attached hydrogens (primary N) is 1. The van der Waals surface area contributed by atoms with Crippen LogP contribution in [-0.4, -0.2) is 16.6 Å². The molecule has 4 heteroatoms. The summed E-state index contributed by atoms with van der Waals surface area (Å²) in [6.07, 6.45) is 0. The van der Waals surface area contributed by atoms with E-state index in [9.17, 15) is 0 Å². The number of rotatable bonds is 3. The zero-order valence-electron chi connectivity index (χ0n) is 10.9. The Morgan fingerprint density at radius 2 is 1.78 bits per heavy atom. The highest BCUT2D eigenvalue weighted by Crippen LogP contribution is 2.22. The Morgan fingerprint density at radius 1 is 1.11 bits per heavy atom. The lowest BCUT2D eigenvalue weighted by Crippen LogP contribution is -2.02. The summed E-state index contributed by atoms with van der Waals surface area (Å²) < 4.78 is 5.40. The highest BCUT2D eigenvalue weighted by Gasteiger charge is 2.07. The molecule has 2 aromatic rings. The van der Waals surface area contributed by atoms with Crippen molar-refractivity contribution < 1.29 is 4.74 Å². The number of hydrogen-bond acceptors (Lipinski definition) is 4. The van der Waals surface area contributed by atoms with E-state index >= 15 is 0 Å². The van der Waals surface area contributed by atoms with Crippen molar-refractivity contribution in [1.29, 1.82) is 0 Å². The normalized spacial score (nSPS) is 10.4. The van der Waals surface area contributed by atoms with Crippen molar-refractivity contribution >= 4 is 5.82 Å². The van der Waals surface area contributed by atoms with Crippen LogP contribution in [0.2, 0.25) is 0 Å². The highest BCUT2D eigenvalue weighted by molar-refractivity contribution is 5.59. The number of benzene rings is 1. The van der Waals surface area contributed by atoms with Crippen LogP contribution < -0.4 is 10.5 Å². The molecule has 0 saturated heterocycles. The van der Waals surface area contributed by atoms with Gasteiger partial charge >= 0.3 is 0 Å². The van der Waals surface area contributed by atoms with Crippen molar-refractivity contribution in [3.8, 4) is 17.1 Å². The van der Waals surface area contributed by atoms with Crippen LogP contribution in [0.1, 0.15) is 18.2 Å². The van der Waals surface area contributed by atoms with Gasteiger partial charge in [0.15, 0.2) is 5.82 Å². The van der Waals surface area contributed by atoms with E-state index in [0.717, 1.165) is 22.6 Å². The molecule has 2 N–H and O–H groups in total. The molecule has 1 aromatic heterocycles. The van der Waals surface area contributed by atoms with Crippen molar-refractivity contribution in [3.63, 3.8) is 0 Å². The van der Waals surface area contributed by atoms with Crippen LogP contribution in [0.15, 0.2) is 24.3 Å². The van der Waals surface area contributed by atoms with E-state index in [1.165, 1.54) is 0 Å². The number of hydrogen-bond donors (Lipinski definition) is 1.